The van der Waals surface area contributed by atoms with Gasteiger partial charge in [0.25, 0.3) is 0 Å². The Morgan fingerprint density at radius 2 is 2.20 bits per heavy atom. The number of aryl methyl sites for hydroxylation is 1. The van der Waals surface area contributed by atoms with Crippen LogP contribution in [0.2, 0.25) is 0 Å². The van der Waals surface area contributed by atoms with Gasteiger partial charge in [-0.05, 0) is 30.0 Å². The third kappa shape index (κ3) is 1.92. The summed E-state index contributed by atoms with van der Waals surface area (Å²) < 4.78 is 0. The van der Waals surface area contributed by atoms with Crippen LogP contribution >= 0.6 is 11.6 Å². The van der Waals surface area contributed by atoms with Gasteiger partial charge in [0, 0.05) is 12.3 Å². The summed E-state index contributed by atoms with van der Waals surface area (Å²) in [7, 11) is 0. The van der Waals surface area contributed by atoms with Crippen molar-refractivity contribution >= 4 is 23.2 Å². The Morgan fingerprint density at radius 3 is 2.93 bits per heavy atom. The molecule has 15 heavy (non-hydrogen) atoms. The number of nitrogens with one attached hydrogen (secondary N) is 1. The van der Waals surface area contributed by atoms with E-state index in [1.54, 1.807) is 6.07 Å². The van der Waals surface area contributed by atoms with E-state index in [1.165, 1.54) is 0 Å². The molecule has 0 spiro atoms. The number of alkyl halides is 1. The highest BCUT2D eigenvalue weighted by Gasteiger charge is 2.20. The highest BCUT2D eigenvalue weighted by molar-refractivity contribution is 6.18. The lowest BCUT2D eigenvalue weighted by Crippen LogP contribution is -2.20. The number of benzene rings is 1. The van der Waals surface area contributed by atoms with Crippen LogP contribution in [0.15, 0.2) is 12.1 Å². The Hall–Kier alpha value is -1.22. The van der Waals surface area contributed by atoms with Gasteiger partial charge in [-0.1, -0.05) is 6.07 Å². The molecule has 80 valence electrons. The molecule has 0 unspecified atom stereocenters. The molecule has 0 fully saturated rings. The van der Waals surface area contributed by atoms with Gasteiger partial charge >= 0.3 is 0 Å². The summed E-state index contributed by atoms with van der Waals surface area (Å²) >= 11 is 5.70. The van der Waals surface area contributed by atoms with E-state index in [9.17, 15) is 9.90 Å². The van der Waals surface area contributed by atoms with E-state index in [0.29, 0.717) is 24.4 Å². The quantitative estimate of drug-likeness (QED) is 0.598. The average molecular weight is 226 g/mol. The van der Waals surface area contributed by atoms with Gasteiger partial charge in [0.15, 0.2) is 0 Å². The fraction of sp³-hybridized carbons (Fsp3) is 0.364. The number of phenols is 1. The van der Waals surface area contributed by atoms with Crippen molar-refractivity contribution in [2.24, 2.45) is 0 Å². The van der Waals surface area contributed by atoms with Gasteiger partial charge < -0.3 is 10.4 Å². The second kappa shape index (κ2) is 4.11. The number of carbonyl (C=O) groups excluding carboxylic acids is 1. The number of fused-ring (bicyclic) bond motifs is 1. The molecule has 2 N–H and O–H groups in total. The van der Waals surface area contributed by atoms with E-state index in [1.807, 2.05) is 6.07 Å². The minimum absolute atomic E-state index is 0.0409. The lowest BCUT2D eigenvalue weighted by molar-refractivity contribution is -0.116. The maximum Gasteiger partial charge on any atom is 0.224 e. The van der Waals surface area contributed by atoms with Crippen molar-refractivity contribution in [2.75, 3.05) is 11.2 Å². The first-order valence-corrected chi connectivity index (χ1v) is 5.45. The third-order valence-corrected chi connectivity index (χ3v) is 2.81. The van der Waals surface area contributed by atoms with Crippen molar-refractivity contribution in [3.63, 3.8) is 0 Å². The summed E-state index contributed by atoms with van der Waals surface area (Å²) in [5, 5.41) is 12.3. The Bertz CT molecular complexity index is 404. The standard InChI is InChI=1S/C11H12ClNO2/c12-6-5-7-1-3-9(14)11-8(7)2-4-10(15)13-11/h1,3,14H,2,4-6H2,(H,13,15). The molecule has 1 heterocycles. The van der Waals surface area contributed by atoms with Crippen molar-refractivity contribution in [2.45, 2.75) is 19.3 Å². The van der Waals surface area contributed by atoms with Crippen LogP contribution in [0.1, 0.15) is 17.5 Å². The van der Waals surface area contributed by atoms with Crippen molar-refractivity contribution in [3.8, 4) is 5.75 Å². The van der Waals surface area contributed by atoms with Crippen LogP contribution in [0.5, 0.6) is 5.75 Å². The first-order chi connectivity index (χ1) is 7.22. The maximum atomic E-state index is 11.2. The molecule has 0 aliphatic carbocycles. The normalized spacial score (nSPS) is 14.6. The molecule has 3 nitrogen and oxygen atoms in total. The van der Waals surface area contributed by atoms with Crippen LogP contribution in [0, 0.1) is 0 Å². The molecule has 1 aromatic rings. The van der Waals surface area contributed by atoms with Gasteiger partial charge in [-0.15, -0.1) is 11.6 Å². The van der Waals surface area contributed by atoms with Gasteiger partial charge in [0.1, 0.15) is 5.75 Å². The predicted molar refractivity (Wildman–Crippen MR) is 59.5 cm³/mol. The molecule has 0 bridgehead atoms. The van der Waals surface area contributed by atoms with Crippen molar-refractivity contribution in [1.29, 1.82) is 0 Å². The van der Waals surface area contributed by atoms with Gasteiger partial charge in [-0.25, -0.2) is 0 Å². The molecule has 0 saturated heterocycles. The van der Waals surface area contributed by atoms with Crippen LogP contribution in [0.3, 0.4) is 0 Å². The van der Waals surface area contributed by atoms with Gasteiger partial charge in [0.2, 0.25) is 5.91 Å². The lowest BCUT2D eigenvalue weighted by atomic mass is 9.95. The molecular formula is C11H12ClNO2. The van der Waals surface area contributed by atoms with Crippen LogP contribution in [0.25, 0.3) is 0 Å². The zero-order valence-electron chi connectivity index (χ0n) is 8.22. The van der Waals surface area contributed by atoms with E-state index in [2.05, 4.69) is 5.32 Å². The number of halogens is 1. The number of amides is 1. The maximum absolute atomic E-state index is 11.2. The molecule has 0 aromatic heterocycles. The summed E-state index contributed by atoms with van der Waals surface area (Å²) in [5.41, 5.74) is 2.70. The monoisotopic (exact) mass is 225 g/mol. The Kier molecular flexibility index (Phi) is 2.82. The van der Waals surface area contributed by atoms with E-state index in [-0.39, 0.29) is 11.7 Å². The van der Waals surface area contributed by atoms with Crippen molar-refractivity contribution in [3.05, 3.63) is 23.3 Å². The minimum atomic E-state index is -0.0409. The van der Waals surface area contributed by atoms with E-state index >= 15 is 0 Å². The van der Waals surface area contributed by atoms with Gasteiger partial charge in [-0.3, -0.25) is 4.79 Å². The molecule has 1 amide bonds. The minimum Gasteiger partial charge on any atom is -0.506 e. The SMILES string of the molecule is O=C1CCc2c(CCCl)ccc(O)c2N1. The second-order valence-electron chi connectivity index (χ2n) is 3.58. The molecule has 0 saturated carbocycles. The summed E-state index contributed by atoms with van der Waals surface area (Å²) in [6.45, 7) is 0. The smallest absolute Gasteiger partial charge is 0.224 e. The van der Waals surface area contributed by atoms with Crippen molar-refractivity contribution < 1.29 is 9.90 Å². The molecular weight excluding hydrogens is 214 g/mol. The number of hydrogen-bond donors (Lipinski definition) is 2. The van der Waals surface area contributed by atoms with Crippen LogP contribution in [-0.2, 0) is 17.6 Å². The molecule has 4 heteroatoms. The Morgan fingerprint density at radius 1 is 1.40 bits per heavy atom. The summed E-state index contributed by atoms with van der Waals surface area (Å²) in [4.78, 5) is 11.2. The molecule has 1 aliphatic heterocycles. The number of phenolic OH excluding ortho intramolecular Hbond substituents is 1. The number of carbonyl (C=O) groups is 1. The first kappa shape index (κ1) is 10.3. The third-order valence-electron chi connectivity index (χ3n) is 2.62. The van der Waals surface area contributed by atoms with Crippen molar-refractivity contribution in [1.82, 2.24) is 0 Å². The van der Waals surface area contributed by atoms with Gasteiger partial charge in [0.05, 0.1) is 5.69 Å². The number of aromatic hydroxyl groups is 1. The van der Waals surface area contributed by atoms with Gasteiger partial charge in [-0.2, -0.15) is 0 Å². The summed E-state index contributed by atoms with van der Waals surface area (Å²) in [6, 6.07) is 3.47. The molecule has 1 aliphatic rings. The summed E-state index contributed by atoms with van der Waals surface area (Å²) in [6.07, 6.45) is 1.92. The fourth-order valence-corrected chi connectivity index (χ4v) is 2.08. The topological polar surface area (TPSA) is 49.3 Å². The average Bonchev–Trinajstić information content (AvgIpc) is 2.23. The molecule has 0 atom stereocenters. The first-order valence-electron chi connectivity index (χ1n) is 4.92. The Balaban J connectivity index is 2.45. The highest BCUT2D eigenvalue weighted by atomic mass is 35.5. The van der Waals surface area contributed by atoms with Crippen LogP contribution in [-0.4, -0.2) is 16.9 Å². The molecule has 1 aromatic carbocycles. The molecule has 0 radical (unpaired) electrons. The van der Waals surface area contributed by atoms with E-state index < -0.39 is 0 Å². The zero-order valence-corrected chi connectivity index (χ0v) is 8.97. The van der Waals surface area contributed by atoms with Crippen LogP contribution < -0.4 is 5.32 Å². The highest BCUT2D eigenvalue weighted by Crippen LogP contribution is 2.34. The predicted octanol–water partition coefficient (Wildman–Crippen LogP) is 2.06. The number of anilines is 1. The zero-order chi connectivity index (χ0) is 10.8. The van der Waals surface area contributed by atoms with Crippen LogP contribution in [0.4, 0.5) is 5.69 Å². The lowest BCUT2D eigenvalue weighted by Gasteiger charge is -2.20. The number of hydrogen-bond acceptors (Lipinski definition) is 2. The number of rotatable bonds is 2. The molecule has 2 rings (SSSR count). The van der Waals surface area contributed by atoms with E-state index in [0.717, 1.165) is 17.5 Å². The fourth-order valence-electron chi connectivity index (χ4n) is 1.88. The van der Waals surface area contributed by atoms with E-state index in [4.69, 9.17) is 11.6 Å². The summed E-state index contributed by atoms with van der Waals surface area (Å²) in [5.74, 6) is 0.641. The largest absolute Gasteiger partial charge is 0.506 e. The second-order valence-corrected chi connectivity index (χ2v) is 3.96. The Labute approximate surface area is 93.1 Å².